The number of hydrogen-bond donors (Lipinski definition) is 1. The first-order valence-electron chi connectivity index (χ1n) is 6.10. The molecule has 0 radical (unpaired) electrons. The highest BCUT2D eigenvalue weighted by molar-refractivity contribution is 5.32. The molecule has 2 rings (SSSR count). The van der Waals surface area contributed by atoms with E-state index >= 15 is 0 Å². The number of hydrogen-bond acceptors (Lipinski definition) is 1. The Morgan fingerprint density at radius 3 is 2.56 bits per heavy atom. The van der Waals surface area contributed by atoms with Gasteiger partial charge in [-0.05, 0) is 56.8 Å². The van der Waals surface area contributed by atoms with E-state index in [1.54, 1.807) is 0 Å². The number of aryl methyl sites for hydroxylation is 2. The van der Waals surface area contributed by atoms with Crippen LogP contribution in [0, 0.1) is 19.8 Å². The summed E-state index contributed by atoms with van der Waals surface area (Å²) in [5, 5.41) is 3.28. The molecule has 1 aliphatic heterocycles. The largest absolute Gasteiger partial charge is 0.317 e. The smallest absolute Gasteiger partial charge is 0.128 e. The summed E-state index contributed by atoms with van der Waals surface area (Å²) in [6, 6.07) is 6.04. The lowest BCUT2D eigenvalue weighted by Gasteiger charge is -2.26. The van der Waals surface area contributed by atoms with Gasteiger partial charge in [-0.3, -0.25) is 0 Å². The first-order chi connectivity index (χ1) is 7.68. The van der Waals surface area contributed by atoms with E-state index in [0.29, 0.717) is 0 Å². The molecule has 1 atom stereocenters. The summed E-state index contributed by atoms with van der Waals surface area (Å²) in [7, 11) is 0. The van der Waals surface area contributed by atoms with Gasteiger partial charge < -0.3 is 5.32 Å². The third kappa shape index (κ3) is 2.43. The average molecular weight is 221 g/mol. The summed E-state index contributed by atoms with van der Waals surface area (Å²) in [5.41, 5.74) is 3.18. The fourth-order valence-electron chi connectivity index (χ4n) is 2.53. The first-order valence-corrected chi connectivity index (χ1v) is 6.10. The molecule has 0 spiro atoms. The number of rotatable bonds is 2. The molecule has 1 aliphatic rings. The normalized spacial score (nSPS) is 19.7. The van der Waals surface area contributed by atoms with E-state index < -0.39 is 6.17 Å². The van der Waals surface area contributed by atoms with Gasteiger partial charge in [-0.2, -0.15) is 0 Å². The molecule has 1 aromatic rings. The van der Waals surface area contributed by atoms with Crippen molar-refractivity contribution in [2.75, 3.05) is 13.1 Å². The highest BCUT2D eigenvalue weighted by Crippen LogP contribution is 2.34. The minimum Gasteiger partial charge on any atom is -0.317 e. The van der Waals surface area contributed by atoms with Gasteiger partial charge in [0.25, 0.3) is 0 Å². The van der Waals surface area contributed by atoms with Crippen LogP contribution in [0.2, 0.25) is 0 Å². The van der Waals surface area contributed by atoms with E-state index in [1.165, 1.54) is 5.56 Å². The van der Waals surface area contributed by atoms with E-state index in [-0.39, 0.29) is 5.92 Å². The summed E-state index contributed by atoms with van der Waals surface area (Å²) in [5.74, 6) is 0.197. The minimum absolute atomic E-state index is 0.197. The molecular formula is C14H20FN. The molecule has 1 fully saturated rings. The molecule has 16 heavy (non-hydrogen) atoms. The number of piperidine rings is 1. The molecule has 0 aliphatic carbocycles. The Kier molecular flexibility index (Phi) is 3.59. The van der Waals surface area contributed by atoms with Gasteiger partial charge >= 0.3 is 0 Å². The molecule has 1 N–H and O–H groups in total. The molecule has 1 unspecified atom stereocenters. The fourth-order valence-corrected chi connectivity index (χ4v) is 2.53. The lowest BCUT2D eigenvalue weighted by Crippen LogP contribution is -2.30. The standard InChI is InChI=1S/C14H20FN/c1-10-3-4-13(11(2)9-10)14(15)12-5-7-16-8-6-12/h3-4,9,12,14,16H,5-8H2,1-2H3. The number of benzene rings is 1. The monoisotopic (exact) mass is 221 g/mol. The van der Waals surface area contributed by atoms with Crippen LogP contribution in [0.4, 0.5) is 4.39 Å². The van der Waals surface area contributed by atoms with E-state index in [0.717, 1.165) is 37.1 Å². The predicted octanol–water partition coefficient (Wildman–Crippen LogP) is 3.31. The molecular weight excluding hydrogens is 201 g/mol. The number of alkyl halides is 1. The number of nitrogens with one attached hydrogen (secondary N) is 1. The second-order valence-electron chi connectivity index (χ2n) is 4.85. The summed E-state index contributed by atoms with van der Waals surface area (Å²) in [4.78, 5) is 0. The third-order valence-electron chi connectivity index (χ3n) is 3.52. The molecule has 0 bridgehead atoms. The molecule has 1 nitrogen and oxygen atoms in total. The Hall–Kier alpha value is -0.890. The van der Waals surface area contributed by atoms with Crippen LogP contribution in [0.15, 0.2) is 18.2 Å². The van der Waals surface area contributed by atoms with Gasteiger partial charge in [-0.25, -0.2) is 4.39 Å². The van der Waals surface area contributed by atoms with Crippen LogP contribution in [0.1, 0.15) is 35.7 Å². The van der Waals surface area contributed by atoms with Crippen LogP contribution in [-0.4, -0.2) is 13.1 Å². The second-order valence-corrected chi connectivity index (χ2v) is 4.85. The van der Waals surface area contributed by atoms with Crippen molar-refractivity contribution in [2.45, 2.75) is 32.9 Å². The van der Waals surface area contributed by atoms with Gasteiger partial charge in [-0.1, -0.05) is 23.8 Å². The molecule has 1 aromatic carbocycles. The Morgan fingerprint density at radius 1 is 1.25 bits per heavy atom. The highest BCUT2D eigenvalue weighted by atomic mass is 19.1. The Labute approximate surface area is 97.1 Å². The zero-order chi connectivity index (χ0) is 11.5. The van der Waals surface area contributed by atoms with Gasteiger partial charge in [0, 0.05) is 0 Å². The Morgan fingerprint density at radius 2 is 1.94 bits per heavy atom. The minimum atomic E-state index is -0.789. The van der Waals surface area contributed by atoms with Crippen LogP contribution in [0.25, 0.3) is 0 Å². The molecule has 88 valence electrons. The third-order valence-corrected chi connectivity index (χ3v) is 3.52. The van der Waals surface area contributed by atoms with Gasteiger partial charge in [0.1, 0.15) is 6.17 Å². The van der Waals surface area contributed by atoms with Gasteiger partial charge in [0.15, 0.2) is 0 Å². The topological polar surface area (TPSA) is 12.0 Å². The summed E-state index contributed by atoms with van der Waals surface area (Å²) >= 11 is 0. The lowest BCUT2D eigenvalue weighted by molar-refractivity contribution is 0.190. The van der Waals surface area contributed by atoms with Gasteiger partial charge in [0.05, 0.1) is 0 Å². The fraction of sp³-hybridized carbons (Fsp3) is 0.571. The van der Waals surface area contributed by atoms with E-state index in [1.807, 2.05) is 19.1 Å². The Balaban J connectivity index is 2.15. The van der Waals surface area contributed by atoms with E-state index in [9.17, 15) is 4.39 Å². The molecule has 2 heteroatoms. The van der Waals surface area contributed by atoms with Crippen molar-refractivity contribution < 1.29 is 4.39 Å². The van der Waals surface area contributed by atoms with Gasteiger partial charge in [0.2, 0.25) is 0 Å². The van der Waals surface area contributed by atoms with Crippen molar-refractivity contribution >= 4 is 0 Å². The first kappa shape index (κ1) is 11.6. The molecule has 0 aromatic heterocycles. The maximum absolute atomic E-state index is 14.4. The van der Waals surface area contributed by atoms with Crippen LogP contribution < -0.4 is 5.32 Å². The summed E-state index contributed by atoms with van der Waals surface area (Å²) in [6.07, 6.45) is 1.12. The zero-order valence-electron chi connectivity index (χ0n) is 10.1. The SMILES string of the molecule is Cc1ccc(C(F)C2CCNCC2)c(C)c1. The molecule has 0 saturated carbocycles. The van der Waals surface area contributed by atoms with Crippen molar-refractivity contribution in [3.63, 3.8) is 0 Å². The molecule has 1 heterocycles. The second kappa shape index (κ2) is 4.96. The van der Waals surface area contributed by atoms with Crippen molar-refractivity contribution in [1.29, 1.82) is 0 Å². The van der Waals surface area contributed by atoms with Crippen molar-refractivity contribution in [3.05, 3.63) is 34.9 Å². The van der Waals surface area contributed by atoms with Crippen molar-refractivity contribution in [2.24, 2.45) is 5.92 Å². The van der Waals surface area contributed by atoms with Crippen molar-refractivity contribution in [1.82, 2.24) is 5.32 Å². The highest BCUT2D eigenvalue weighted by Gasteiger charge is 2.25. The van der Waals surface area contributed by atoms with Crippen molar-refractivity contribution in [3.8, 4) is 0 Å². The lowest BCUT2D eigenvalue weighted by atomic mass is 9.87. The van der Waals surface area contributed by atoms with Crippen LogP contribution in [0.5, 0.6) is 0 Å². The zero-order valence-corrected chi connectivity index (χ0v) is 10.1. The quantitative estimate of drug-likeness (QED) is 0.808. The van der Waals surface area contributed by atoms with Crippen LogP contribution in [0.3, 0.4) is 0 Å². The molecule has 0 amide bonds. The number of halogens is 1. The molecule has 1 saturated heterocycles. The maximum Gasteiger partial charge on any atom is 0.128 e. The van der Waals surface area contributed by atoms with E-state index in [2.05, 4.69) is 18.3 Å². The Bertz CT molecular complexity index is 356. The van der Waals surface area contributed by atoms with Crippen LogP contribution >= 0.6 is 0 Å². The summed E-state index contributed by atoms with van der Waals surface area (Å²) in [6.45, 7) is 5.97. The average Bonchev–Trinajstić information content (AvgIpc) is 2.29. The summed E-state index contributed by atoms with van der Waals surface area (Å²) < 4.78 is 14.4. The maximum atomic E-state index is 14.4. The predicted molar refractivity (Wildman–Crippen MR) is 65.4 cm³/mol. The van der Waals surface area contributed by atoms with Gasteiger partial charge in [-0.15, -0.1) is 0 Å². The van der Waals surface area contributed by atoms with Crippen LogP contribution in [-0.2, 0) is 0 Å². The van der Waals surface area contributed by atoms with E-state index in [4.69, 9.17) is 0 Å².